The number of benzene rings is 1. The Morgan fingerprint density at radius 2 is 2.00 bits per heavy atom. The summed E-state index contributed by atoms with van der Waals surface area (Å²) in [4.78, 5) is 2.52. The molecular formula is C15H21NO2. The van der Waals surface area contributed by atoms with Crippen LogP contribution in [0.4, 0.5) is 0 Å². The summed E-state index contributed by atoms with van der Waals surface area (Å²) < 4.78 is 0. The highest BCUT2D eigenvalue weighted by Gasteiger charge is 2.39. The van der Waals surface area contributed by atoms with Crippen molar-refractivity contribution >= 4 is 0 Å². The average molecular weight is 247 g/mol. The van der Waals surface area contributed by atoms with Crippen molar-refractivity contribution in [2.75, 3.05) is 13.1 Å². The molecule has 0 bridgehead atoms. The van der Waals surface area contributed by atoms with Gasteiger partial charge in [0.15, 0.2) is 0 Å². The summed E-state index contributed by atoms with van der Waals surface area (Å²) in [5.74, 6) is 0.288. The van der Waals surface area contributed by atoms with E-state index >= 15 is 0 Å². The second-order valence-corrected chi connectivity index (χ2v) is 5.85. The van der Waals surface area contributed by atoms with E-state index < -0.39 is 5.60 Å². The Labute approximate surface area is 108 Å². The van der Waals surface area contributed by atoms with Crippen molar-refractivity contribution in [3.63, 3.8) is 0 Å². The van der Waals surface area contributed by atoms with Gasteiger partial charge in [-0.2, -0.15) is 0 Å². The molecule has 2 saturated heterocycles. The highest BCUT2D eigenvalue weighted by Crippen LogP contribution is 2.35. The largest absolute Gasteiger partial charge is 0.508 e. The van der Waals surface area contributed by atoms with Crippen LogP contribution in [0, 0.1) is 0 Å². The van der Waals surface area contributed by atoms with Crippen LogP contribution in [-0.4, -0.2) is 39.8 Å². The molecule has 18 heavy (non-hydrogen) atoms. The molecule has 2 aliphatic heterocycles. The summed E-state index contributed by atoms with van der Waals surface area (Å²) in [7, 11) is 0. The molecule has 0 aromatic heterocycles. The van der Waals surface area contributed by atoms with E-state index in [0.29, 0.717) is 12.5 Å². The van der Waals surface area contributed by atoms with Crippen molar-refractivity contribution in [3.8, 4) is 5.75 Å². The molecule has 0 radical (unpaired) electrons. The Kier molecular flexibility index (Phi) is 3.04. The first kappa shape index (κ1) is 12.0. The molecule has 2 N–H and O–H groups in total. The Bertz CT molecular complexity index is 417. The van der Waals surface area contributed by atoms with E-state index in [0.717, 1.165) is 24.9 Å². The van der Waals surface area contributed by atoms with Crippen LogP contribution >= 0.6 is 0 Å². The molecule has 98 valence electrons. The molecule has 2 atom stereocenters. The van der Waals surface area contributed by atoms with E-state index in [4.69, 9.17) is 0 Å². The van der Waals surface area contributed by atoms with Crippen LogP contribution in [0.15, 0.2) is 24.3 Å². The number of aliphatic hydroxyl groups is 1. The van der Waals surface area contributed by atoms with Crippen molar-refractivity contribution in [2.24, 2.45) is 0 Å². The molecule has 1 aromatic rings. The van der Waals surface area contributed by atoms with Gasteiger partial charge in [-0.3, -0.25) is 0 Å². The molecule has 3 heteroatoms. The zero-order valence-electron chi connectivity index (χ0n) is 10.7. The molecule has 1 aromatic carbocycles. The van der Waals surface area contributed by atoms with Crippen molar-refractivity contribution < 1.29 is 10.2 Å². The van der Waals surface area contributed by atoms with E-state index in [2.05, 4.69) is 4.90 Å². The van der Waals surface area contributed by atoms with Crippen molar-refractivity contribution in [3.05, 3.63) is 29.8 Å². The van der Waals surface area contributed by atoms with E-state index in [9.17, 15) is 10.2 Å². The second kappa shape index (κ2) is 4.56. The molecule has 3 rings (SSSR count). The number of hydrogen-bond donors (Lipinski definition) is 2. The van der Waals surface area contributed by atoms with E-state index in [1.807, 2.05) is 12.1 Å². The molecule has 2 aliphatic rings. The lowest BCUT2D eigenvalue weighted by molar-refractivity contribution is -0.0354. The first-order valence-corrected chi connectivity index (χ1v) is 6.89. The quantitative estimate of drug-likeness (QED) is 0.839. The van der Waals surface area contributed by atoms with Crippen LogP contribution in [0.5, 0.6) is 5.75 Å². The van der Waals surface area contributed by atoms with Gasteiger partial charge < -0.3 is 15.1 Å². The van der Waals surface area contributed by atoms with Gasteiger partial charge in [0.25, 0.3) is 0 Å². The second-order valence-electron chi connectivity index (χ2n) is 5.85. The number of phenols is 1. The first-order chi connectivity index (χ1) is 8.65. The van der Waals surface area contributed by atoms with Crippen LogP contribution in [0.2, 0.25) is 0 Å². The molecular weight excluding hydrogens is 226 g/mol. The number of nitrogens with zero attached hydrogens (tertiary/aromatic N) is 1. The summed E-state index contributed by atoms with van der Waals surface area (Å²) in [6, 6.07) is 7.80. The van der Waals surface area contributed by atoms with Gasteiger partial charge in [0.1, 0.15) is 5.75 Å². The van der Waals surface area contributed by atoms with E-state index in [1.165, 1.54) is 19.4 Å². The Morgan fingerprint density at radius 1 is 1.22 bits per heavy atom. The molecule has 0 spiro atoms. The van der Waals surface area contributed by atoms with Gasteiger partial charge in [-0.15, -0.1) is 0 Å². The first-order valence-electron chi connectivity index (χ1n) is 6.89. The number of piperidine rings is 1. The van der Waals surface area contributed by atoms with Gasteiger partial charge >= 0.3 is 0 Å². The maximum atomic E-state index is 10.8. The number of hydrogen-bond acceptors (Lipinski definition) is 3. The van der Waals surface area contributed by atoms with Gasteiger partial charge in [-0.1, -0.05) is 12.1 Å². The normalized spacial score (nSPS) is 32.4. The summed E-state index contributed by atoms with van der Waals surface area (Å²) >= 11 is 0. The summed E-state index contributed by atoms with van der Waals surface area (Å²) in [5.41, 5.74) is 0.560. The number of rotatable bonds is 2. The maximum Gasteiger partial charge on any atom is 0.115 e. The molecule has 0 saturated carbocycles. The van der Waals surface area contributed by atoms with Crippen molar-refractivity contribution in [2.45, 2.75) is 43.7 Å². The highest BCUT2D eigenvalue weighted by molar-refractivity contribution is 5.27. The number of fused-ring (bicyclic) bond motifs is 1. The number of aromatic hydroxyl groups is 1. The lowest BCUT2D eigenvalue weighted by atomic mass is 9.82. The van der Waals surface area contributed by atoms with Gasteiger partial charge in [0.2, 0.25) is 0 Å². The standard InChI is InChI=1S/C15H21NO2/c17-14-5-3-12(4-6-14)10-15(18)7-9-16-8-1-2-13(16)11-15/h3-6,13,17-18H,1-2,7-11H2. The lowest BCUT2D eigenvalue weighted by Crippen LogP contribution is -2.48. The van der Waals surface area contributed by atoms with Gasteiger partial charge in [-0.25, -0.2) is 0 Å². The fraction of sp³-hybridized carbons (Fsp3) is 0.600. The van der Waals surface area contributed by atoms with E-state index in [1.54, 1.807) is 12.1 Å². The summed E-state index contributed by atoms with van der Waals surface area (Å²) in [6.07, 6.45) is 4.98. The highest BCUT2D eigenvalue weighted by atomic mass is 16.3. The Hall–Kier alpha value is -1.06. The molecule has 2 fully saturated rings. The third-order valence-corrected chi connectivity index (χ3v) is 4.45. The Balaban J connectivity index is 1.69. The fourth-order valence-corrected chi connectivity index (χ4v) is 3.47. The minimum Gasteiger partial charge on any atom is -0.508 e. The minimum absolute atomic E-state index is 0.288. The zero-order valence-corrected chi connectivity index (χ0v) is 10.7. The fourth-order valence-electron chi connectivity index (χ4n) is 3.47. The topological polar surface area (TPSA) is 43.7 Å². The molecule has 0 aliphatic carbocycles. The van der Waals surface area contributed by atoms with Crippen LogP contribution in [0.3, 0.4) is 0 Å². The SMILES string of the molecule is Oc1ccc(CC2(O)CCN3CCCC3C2)cc1. The predicted molar refractivity (Wildman–Crippen MR) is 70.6 cm³/mol. The predicted octanol–water partition coefficient (Wildman–Crippen LogP) is 1.92. The van der Waals surface area contributed by atoms with E-state index in [-0.39, 0.29) is 5.75 Å². The molecule has 3 nitrogen and oxygen atoms in total. The van der Waals surface area contributed by atoms with Crippen LogP contribution < -0.4 is 0 Å². The third kappa shape index (κ3) is 2.38. The zero-order chi connectivity index (χ0) is 12.6. The van der Waals surface area contributed by atoms with Crippen LogP contribution in [-0.2, 0) is 6.42 Å². The molecule has 2 unspecified atom stereocenters. The summed E-state index contributed by atoms with van der Waals surface area (Å²) in [6.45, 7) is 2.24. The third-order valence-electron chi connectivity index (χ3n) is 4.45. The minimum atomic E-state index is -0.553. The van der Waals surface area contributed by atoms with Gasteiger partial charge in [0.05, 0.1) is 5.60 Å². The lowest BCUT2D eigenvalue weighted by Gasteiger charge is -2.41. The average Bonchev–Trinajstić information content (AvgIpc) is 2.79. The van der Waals surface area contributed by atoms with Gasteiger partial charge in [-0.05, 0) is 49.9 Å². The van der Waals surface area contributed by atoms with Crippen LogP contribution in [0.1, 0.15) is 31.2 Å². The molecule has 2 heterocycles. The summed E-state index contributed by atoms with van der Waals surface area (Å²) in [5, 5.41) is 20.0. The number of phenolic OH excluding ortho intramolecular Hbond substituents is 1. The monoisotopic (exact) mass is 247 g/mol. The van der Waals surface area contributed by atoms with Gasteiger partial charge in [0, 0.05) is 19.0 Å². The molecule has 0 amide bonds. The van der Waals surface area contributed by atoms with Crippen molar-refractivity contribution in [1.82, 2.24) is 4.90 Å². The van der Waals surface area contributed by atoms with Crippen molar-refractivity contribution in [1.29, 1.82) is 0 Å². The maximum absolute atomic E-state index is 10.8. The van der Waals surface area contributed by atoms with Crippen LogP contribution in [0.25, 0.3) is 0 Å². The smallest absolute Gasteiger partial charge is 0.115 e. The Morgan fingerprint density at radius 3 is 2.78 bits per heavy atom.